The number of fused-ring (bicyclic) bond motifs is 1. The summed E-state index contributed by atoms with van der Waals surface area (Å²) in [6.45, 7) is 9.78. The second kappa shape index (κ2) is 9.48. The highest BCUT2D eigenvalue weighted by atomic mass is 28.4. The summed E-state index contributed by atoms with van der Waals surface area (Å²) in [6.07, 6.45) is 0.323. The van der Waals surface area contributed by atoms with Gasteiger partial charge in [0.15, 0.2) is 6.23 Å². The molecule has 1 atom stereocenters. The van der Waals surface area contributed by atoms with E-state index in [0.29, 0.717) is 24.0 Å². The molecule has 0 spiro atoms. The van der Waals surface area contributed by atoms with Crippen LogP contribution >= 0.6 is 0 Å². The van der Waals surface area contributed by atoms with E-state index < -0.39 is 38.7 Å². The van der Waals surface area contributed by atoms with Gasteiger partial charge in [-0.15, -0.1) is 0 Å². The monoisotopic (exact) mass is 440 g/mol. The van der Waals surface area contributed by atoms with Crippen molar-refractivity contribution in [3.8, 4) is 11.5 Å². The molecule has 1 aromatic rings. The minimum atomic E-state index is -4.08. The molecule has 0 saturated heterocycles. The first kappa shape index (κ1) is 23.7. The number of carbonyl (C=O) groups excluding carboxylic acids is 3. The summed E-state index contributed by atoms with van der Waals surface area (Å²) in [5.41, 5.74) is 0.772. The maximum atomic E-state index is 11.5. The van der Waals surface area contributed by atoms with Crippen molar-refractivity contribution < 1.29 is 41.9 Å². The van der Waals surface area contributed by atoms with E-state index >= 15 is 0 Å². The molecule has 0 aromatic heterocycles. The van der Waals surface area contributed by atoms with Crippen molar-refractivity contribution >= 4 is 26.7 Å². The molecule has 10 heteroatoms. The van der Waals surface area contributed by atoms with Crippen LogP contribution in [0, 0.1) is 5.92 Å². The summed E-state index contributed by atoms with van der Waals surface area (Å²) in [4.78, 5) is 34.5. The molecule has 1 aliphatic rings. The van der Waals surface area contributed by atoms with Crippen LogP contribution in [-0.2, 0) is 39.0 Å². The molecule has 2 rings (SSSR count). The van der Waals surface area contributed by atoms with Gasteiger partial charge in [-0.25, -0.2) is 0 Å². The third kappa shape index (κ3) is 6.73. The Morgan fingerprint density at radius 3 is 2.13 bits per heavy atom. The molecule has 0 bridgehead atoms. The molecular formula is C20H28O9Si. The van der Waals surface area contributed by atoms with Gasteiger partial charge in [-0.05, 0) is 24.1 Å². The second-order valence-electron chi connectivity index (χ2n) is 7.64. The molecule has 1 aromatic carbocycles. The highest BCUT2D eigenvalue weighted by Crippen LogP contribution is 2.36. The summed E-state index contributed by atoms with van der Waals surface area (Å²) >= 11 is 0. The normalized spacial score (nSPS) is 18.1. The molecule has 1 heterocycles. The topological polar surface area (TPSA) is 107 Å². The fourth-order valence-corrected chi connectivity index (χ4v) is 5.13. The van der Waals surface area contributed by atoms with Crippen LogP contribution in [0.15, 0.2) is 18.2 Å². The smallest absolute Gasteiger partial charge is 0.485 e. The minimum absolute atomic E-state index is 0.330. The van der Waals surface area contributed by atoms with Gasteiger partial charge in [0.2, 0.25) is 5.79 Å². The Labute approximate surface area is 176 Å². The molecule has 0 amide bonds. The quantitative estimate of drug-likeness (QED) is 0.564. The summed E-state index contributed by atoms with van der Waals surface area (Å²) < 4.78 is 32.9. The number of rotatable bonds is 8. The van der Waals surface area contributed by atoms with E-state index in [9.17, 15) is 14.4 Å². The van der Waals surface area contributed by atoms with Crippen LogP contribution in [-0.4, -0.2) is 38.7 Å². The van der Waals surface area contributed by atoms with Gasteiger partial charge < -0.3 is 27.5 Å². The van der Waals surface area contributed by atoms with Crippen LogP contribution in [0.1, 0.15) is 53.5 Å². The molecule has 166 valence electrons. The summed E-state index contributed by atoms with van der Waals surface area (Å²) in [7, 11) is -4.08. The highest BCUT2D eigenvalue weighted by molar-refractivity contribution is 6.65. The Kier molecular flexibility index (Phi) is 7.48. The van der Waals surface area contributed by atoms with Crippen molar-refractivity contribution in [2.24, 2.45) is 5.92 Å². The van der Waals surface area contributed by atoms with E-state index in [4.69, 9.17) is 27.5 Å². The Bertz CT molecular complexity index is 767. The molecule has 0 radical (unpaired) electrons. The third-order valence-electron chi connectivity index (χ3n) is 3.98. The van der Waals surface area contributed by atoms with Crippen molar-refractivity contribution in [1.82, 2.24) is 0 Å². The molecule has 9 nitrogen and oxygen atoms in total. The number of hydrogen-bond donors (Lipinski definition) is 0. The second-order valence-corrected chi connectivity index (χ2v) is 9.91. The average molecular weight is 441 g/mol. The van der Waals surface area contributed by atoms with Crippen LogP contribution in [0.5, 0.6) is 11.5 Å². The third-order valence-corrected chi connectivity index (χ3v) is 6.28. The largest absolute Gasteiger partial charge is 0.745 e. The summed E-state index contributed by atoms with van der Waals surface area (Å²) in [5, 5.41) is 0. The zero-order chi connectivity index (χ0) is 22.5. The minimum Gasteiger partial charge on any atom is -0.485 e. The zero-order valence-corrected chi connectivity index (χ0v) is 19.1. The molecule has 0 aliphatic carbocycles. The Balaban J connectivity index is 2.17. The fraction of sp³-hybridized carbons (Fsp3) is 0.550. The highest BCUT2D eigenvalue weighted by Gasteiger charge is 2.53. The van der Waals surface area contributed by atoms with E-state index in [1.807, 2.05) is 6.92 Å². The summed E-state index contributed by atoms with van der Waals surface area (Å²) in [6, 6.07) is 5.12. The Morgan fingerprint density at radius 1 is 1.07 bits per heavy atom. The predicted octanol–water partition coefficient (Wildman–Crippen LogP) is 2.90. The average Bonchev–Trinajstić information content (AvgIpc) is 2.57. The maximum Gasteiger partial charge on any atom is 0.745 e. The zero-order valence-electron chi connectivity index (χ0n) is 18.1. The van der Waals surface area contributed by atoms with E-state index in [0.717, 1.165) is 32.8 Å². The van der Waals surface area contributed by atoms with Crippen molar-refractivity contribution in [3.05, 3.63) is 23.8 Å². The SMILES string of the molecule is CC(=O)O[Si](COc1ccc2c(c1)COC(C)(CC(C)C)O2)(OC(C)=O)OC(C)=O. The van der Waals surface area contributed by atoms with Crippen LogP contribution < -0.4 is 9.47 Å². The lowest BCUT2D eigenvalue weighted by atomic mass is 10.0. The van der Waals surface area contributed by atoms with Gasteiger partial charge in [0.1, 0.15) is 11.5 Å². The lowest BCUT2D eigenvalue weighted by molar-refractivity contribution is -0.202. The lowest BCUT2D eigenvalue weighted by Gasteiger charge is -2.37. The van der Waals surface area contributed by atoms with Crippen LogP contribution in [0.25, 0.3) is 0 Å². The Hall–Kier alpha value is -2.59. The predicted molar refractivity (Wildman–Crippen MR) is 106 cm³/mol. The van der Waals surface area contributed by atoms with Crippen molar-refractivity contribution in [2.75, 3.05) is 6.23 Å². The lowest BCUT2D eigenvalue weighted by Crippen LogP contribution is -2.54. The van der Waals surface area contributed by atoms with Crippen molar-refractivity contribution in [3.63, 3.8) is 0 Å². The van der Waals surface area contributed by atoms with Gasteiger partial charge in [-0.2, -0.15) is 0 Å². The fourth-order valence-electron chi connectivity index (χ4n) is 3.17. The molecule has 0 fully saturated rings. The van der Waals surface area contributed by atoms with Crippen LogP contribution in [0.2, 0.25) is 0 Å². The van der Waals surface area contributed by atoms with Gasteiger partial charge in [-0.3, -0.25) is 14.4 Å². The summed E-state index contributed by atoms with van der Waals surface area (Å²) in [5.74, 6) is -1.51. The first-order valence-electron chi connectivity index (χ1n) is 9.59. The van der Waals surface area contributed by atoms with E-state index in [-0.39, 0.29) is 0 Å². The number of benzene rings is 1. The first-order valence-corrected chi connectivity index (χ1v) is 11.5. The molecular weight excluding hydrogens is 412 g/mol. The maximum absolute atomic E-state index is 11.5. The van der Waals surface area contributed by atoms with E-state index in [1.165, 1.54) is 0 Å². The molecule has 0 saturated carbocycles. The molecule has 0 N–H and O–H groups in total. The molecule has 30 heavy (non-hydrogen) atoms. The first-order chi connectivity index (χ1) is 13.9. The number of hydrogen-bond acceptors (Lipinski definition) is 9. The van der Waals surface area contributed by atoms with Crippen LogP contribution in [0.3, 0.4) is 0 Å². The number of ether oxygens (including phenoxy) is 3. The molecule has 1 unspecified atom stereocenters. The Morgan fingerprint density at radius 2 is 1.63 bits per heavy atom. The number of carbonyl (C=O) groups is 3. The van der Waals surface area contributed by atoms with Gasteiger partial charge in [-0.1, -0.05) is 13.8 Å². The van der Waals surface area contributed by atoms with E-state index in [2.05, 4.69) is 13.8 Å². The van der Waals surface area contributed by atoms with E-state index in [1.54, 1.807) is 18.2 Å². The van der Waals surface area contributed by atoms with Gasteiger partial charge in [0.05, 0.1) is 6.61 Å². The molecule has 1 aliphatic heterocycles. The van der Waals surface area contributed by atoms with Crippen molar-refractivity contribution in [1.29, 1.82) is 0 Å². The van der Waals surface area contributed by atoms with Crippen LogP contribution in [0.4, 0.5) is 0 Å². The van der Waals surface area contributed by atoms with Crippen molar-refractivity contribution in [2.45, 2.75) is 60.4 Å². The van der Waals surface area contributed by atoms with Gasteiger partial charge >= 0.3 is 8.80 Å². The van der Waals surface area contributed by atoms with Gasteiger partial charge in [0.25, 0.3) is 17.9 Å². The van der Waals surface area contributed by atoms with Gasteiger partial charge in [0, 0.05) is 39.7 Å². The standard InChI is InChI=1S/C20H28O9Si/c1-13(2)10-20(6)25-11-17-9-18(7-8-19(17)26-20)24-12-30(27-14(3)21,28-15(4)22)29-16(5)23/h7-9,13H,10-12H2,1-6H3.